The lowest BCUT2D eigenvalue weighted by Crippen LogP contribution is -2.50. The second kappa shape index (κ2) is 8.77. The van der Waals surface area contributed by atoms with E-state index in [2.05, 4.69) is 28.8 Å². The van der Waals surface area contributed by atoms with Gasteiger partial charge in [0.25, 0.3) is 0 Å². The summed E-state index contributed by atoms with van der Waals surface area (Å²) < 4.78 is 0. The number of hydrogen-bond acceptors (Lipinski definition) is 3. The highest BCUT2D eigenvalue weighted by molar-refractivity contribution is 5.93. The first-order valence-electron chi connectivity index (χ1n) is 8.66. The molecule has 2 aromatic carbocycles. The minimum Gasteiger partial charge on any atom is -0.345 e. The zero-order chi connectivity index (χ0) is 18.4. The van der Waals surface area contributed by atoms with Crippen LogP contribution in [0.3, 0.4) is 0 Å². The van der Waals surface area contributed by atoms with Crippen LogP contribution in [-0.4, -0.2) is 30.8 Å². The third kappa shape index (κ3) is 5.13. The highest BCUT2D eigenvalue weighted by atomic mass is 16.2. The van der Waals surface area contributed by atoms with Gasteiger partial charge >= 0.3 is 0 Å². The Morgan fingerprint density at radius 3 is 2.36 bits per heavy atom. The Bertz CT molecular complexity index is 734. The molecule has 0 heterocycles. The molecule has 0 fully saturated rings. The molecule has 2 rings (SSSR count). The molecule has 0 saturated carbocycles. The summed E-state index contributed by atoms with van der Waals surface area (Å²) >= 11 is 0. The number of Topliss-reactive ketones (excluding diaryl/α,β-unsaturated/α-hetero) is 1. The van der Waals surface area contributed by atoms with Crippen molar-refractivity contribution in [2.24, 2.45) is 5.92 Å². The van der Waals surface area contributed by atoms with E-state index >= 15 is 0 Å². The molecule has 0 aliphatic heterocycles. The Morgan fingerprint density at radius 1 is 1.04 bits per heavy atom. The standard InChI is InChI=1S/C21H26N2O2/c1-14(2)12-19(15(3)24)23-21(25)20(22-4)13-17-10-7-9-16-8-5-6-11-18(16)17/h3,5-11,14,19-20,22H,12-13H2,1-2,4H3,(H,23,25)/t19-,20?/m0/s1. The van der Waals surface area contributed by atoms with E-state index < -0.39 is 17.9 Å². The average molecular weight is 338 g/mol. The van der Waals surface area contributed by atoms with Crippen LogP contribution in [0.15, 0.2) is 42.5 Å². The topological polar surface area (TPSA) is 58.2 Å². The van der Waals surface area contributed by atoms with Crippen LogP contribution in [0.4, 0.5) is 0 Å². The molecule has 0 saturated heterocycles. The molecule has 1 unspecified atom stereocenters. The van der Waals surface area contributed by atoms with Crippen molar-refractivity contribution in [3.8, 4) is 0 Å². The van der Waals surface area contributed by atoms with Gasteiger partial charge in [-0.05, 0) is 42.1 Å². The number of ketones is 1. The molecule has 1 amide bonds. The van der Waals surface area contributed by atoms with E-state index in [0.29, 0.717) is 12.8 Å². The molecule has 132 valence electrons. The quantitative estimate of drug-likeness (QED) is 0.778. The van der Waals surface area contributed by atoms with E-state index in [1.54, 1.807) is 7.05 Å². The predicted octanol–water partition coefficient (Wildman–Crippen LogP) is 2.78. The number of nitrogens with one attached hydrogen (secondary N) is 2. The molecule has 4 heteroatoms. The molecule has 0 bridgehead atoms. The SMILES string of the molecule is [CH]C(=O)[C@H](CC(C)C)NC(=O)C(Cc1cccc2ccccc12)NC. The van der Waals surface area contributed by atoms with E-state index in [-0.39, 0.29) is 11.8 Å². The summed E-state index contributed by atoms with van der Waals surface area (Å²) in [7, 11) is 1.75. The van der Waals surface area contributed by atoms with Crippen molar-refractivity contribution in [1.29, 1.82) is 0 Å². The van der Waals surface area contributed by atoms with Gasteiger partial charge in [0, 0.05) is 6.92 Å². The van der Waals surface area contributed by atoms with Crippen LogP contribution in [0.1, 0.15) is 25.8 Å². The number of hydrogen-bond donors (Lipinski definition) is 2. The maximum Gasteiger partial charge on any atom is 0.238 e. The van der Waals surface area contributed by atoms with Gasteiger partial charge in [0.1, 0.15) is 0 Å². The molecule has 0 aliphatic carbocycles. The van der Waals surface area contributed by atoms with Crippen molar-refractivity contribution in [1.82, 2.24) is 10.6 Å². The Hall–Kier alpha value is -2.20. The van der Waals surface area contributed by atoms with E-state index in [9.17, 15) is 9.59 Å². The molecule has 0 aliphatic rings. The fraction of sp³-hybridized carbons (Fsp3) is 0.381. The summed E-state index contributed by atoms with van der Waals surface area (Å²) in [4.78, 5) is 24.2. The summed E-state index contributed by atoms with van der Waals surface area (Å²) in [6.07, 6.45) is 1.07. The summed E-state index contributed by atoms with van der Waals surface area (Å²) in [6.45, 7) is 9.42. The van der Waals surface area contributed by atoms with Crippen LogP contribution < -0.4 is 10.6 Å². The molecule has 0 aromatic heterocycles. The van der Waals surface area contributed by atoms with Crippen molar-refractivity contribution in [2.75, 3.05) is 7.05 Å². The fourth-order valence-electron chi connectivity index (χ4n) is 3.01. The molecule has 2 atom stereocenters. The largest absolute Gasteiger partial charge is 0.345 e. The van der Waals surface area contributed by atoms with Gasteiger partial charge in [-0.2, -0.15) is 0 Å². The number of amides is 1. The van der Waals surface area contributed by atoms with Gasteiger partial charge in [-0.15, -0.1) is 0 Å². The van der Waals surface area contributed by atoms with Crippen LogP contribution in [-0.2, 0) is 16.0 Å². The third-order valence-corrected chi connectivity index (χ3v) is 4.34. The first kappa shape index (κ1) is 19.1. The summed E-state index contributed by atoms with van der Waals surface area (Å²) in [6, 6.07) is 13.1. The summed E-state index contributed by atoms with van der Waals surface area (Å²) in [5.74, 6) is -0.439. The molecular formula is C21H26N2O2. The van der Waals surface area contributed by atoms with Gasteiger partial charge in [0.2, 0.25) is 5.91 Å². The van der Waals surface area contributed by atoms with Gasteiger partial charge < -0.3 is 10.6 Å². The molecule has 2 N–H and O–H groups in total. The minimum absolute atomic E-state index is 0.208. The summed E-state index contributed by atoms with van der Waals surface area (Å²) in [5.41, 5.74) is 1.09. The van der Waals surface area contributed by atoms with Crippen LogP contribution in [0.2, 0.25) is 0 Å². The van der Waals surface area contributed by atoms with Crippen molar-refractivity contribution >= 4 is 22.5 Å². The molecule has 4 nitrogen and oxygen atoms in total. The first-order chi connectivity index (χ1) is 11.9. The van der Waals surface area contributed by atoms with Crippen LogP contribution >= 0.6 is 0 Å². The van der Waals surface area contributed by atoms with E-state index in [4.69, 9.17) is 6.92 Å². The lowest BCUT2D eigenvalue weighted by molar-refractivity contribution is -0.127. The number of fused-ring (bicyclic) bond motifs is 1. The highest BCUT2D eigenvalue weighted by Crippen LogP contribution is 2.20. The molecule has 2 radical (unpaired) electrons. The maximum absolute atomic E-state index is 12.6. The third-order valence-electron chi connectivity index (χ3n) is 4.34. The molecule has 2 aromatic rings. The molecular weight excluding hydrogens is 312 g/mol. The Kier molecular flexibility index (Phi) is 6.71. The number of rotatable bonds is 8. The lowest BCUT2D eigenvalue weighted by atomic mass is 9.97. The van der Waals surface area contributed by atoms with E-state index in [0.717, 1.165) is 16.3 Å². The normalized spacial score (nSPS) is 13.6. The fourth-order valence-corrected chi connectivity index (χ4v) is 3.01. The van der Waals surface area contributed by atoms with Gasteiger partial charge in [0.05, 0.1) is 12.1 Å². The number of benzene rings is 2. The Balaban J connectivity index is 2.15. The van der Waals surface area contributed by atoms with Crippen LogP contribution in [0, 0.1) is 12.8 Å². The Labute approximate surface area is 150 Å². The molecule has 25 heavy (non-hydrogen) atoms. The zero-order valence-corrected chi connectivity index (χ0v) is 15.1. The number of carbonyl (C=O) groups is 2. The number of carbonyl (C=O) groups excluding carboxylic acids is 2. The van der Waals surface area contributed by atoms with Crippen LogP contribution in [0.5, 0.6) is 0 Å². The average Bonchev–Trinajstić information content (AvgIpc) is 2.58. The van der Waals surface area contributed by atoms with Crippen molar-refractivity contribution in [2.45, 2.75) is 38.8 Å². The van der Waals surface area contributed by atoms with Gasteiger partial charge in [0.15, 0.2) is 5.78 Å². The first-order valence-corrected chi connectivity index (χ1v) is 8.66. The minimum atomic E-state index is -0.643. The zero-order valence-electron chi connectivity index (χ0n) is 15.1. The number of likely N-dealkylation sites (N-methyl/N-ethyl adjacent to an activating group) is 1. The van der Waals surface area contributed by atoms with E-state index in [1.807, 2.05) is 38.1 Å². The highest BCUT2D eigenvalue weighted by Gasteiger charge is 2.24. The van der Waals surface area contributed by atoms with Gasteiger partial charge in [-0.3, -0.25) is 9.59 Å². The second-order valence-corrected chi connectivity index (χ2v) is 6.78. The van der Waals surface area contributed by atoms with E-state index in [1.165, 1.54) is 0 Å². The maximum atomic E-state index is 12.6. The smallest absolute Gasteiger partial charge is 0.238 e. The Morgan fingerprint density at radius 2 is 1.72 bits per heavy atom. The van der Waals surface area contributed by atoms with Crippen LogP contribution in [0.25, 0.3) is 10.8 Å². The molecule has 0 spiro atoms. The van der Waals surface area contributed by atoms with Gasteiger partial charge in [-0.25, -0.2) is 0 Å². The predicted molar refractivity (Wildman–Crippen MR) is 101 cm³/mol. The second-order valence-electron chi connectivity index (χ2n) is 6.78. The van der Waals surface area contributed by atoms with Crippen molar-refractivity contribution in [3.05, 3.63) is 55.0 Å². The monoisotopic (exact) mass is 338 g/mol. The van der Waals surface area contributed by atoms with Gasteiger partial charge in [-0.1, -0.05) is 56.3 Å². The van der Waals surface area contributed by atoms with Crippen molar-refractivity contribution < 1.29 is 9.59 Å². The van der Waals surface area contributed by atoms with Crippen molar-refractivity contribution in [3.63, 3.8) is 0 Å². The lowest BCUT2D eigenvalue weighted by Gasteiger charge is -2.22. The summed E-state index contributed by atoms with van der Waals surface area (Å²) in [5, 5.41) is 8.11.